The third kappa shape index (κ3) is 3.75. The zero-order valence-electron chi connectivity index (χ0n) is 17.6. The highest BCUT2D eigenvalue weighted by atomic mass is 19.1. The number of carbonyl (C=O) groups excluding carboxylic acids is 2. The second kappa shape index (κ2) is 8.09. The van der Waals surface area contributed by atoms with Crippen LogP contribution in [0, 0.1) is 5.82 Å². The first-order valence-corrected chi connectivity index (χ1v) is 11.4. The molecule has 1 N–H and O–H groups in total. The van der Waals surface area contributed by atoms with Crippen LogP contribution in [-0.4, -0.2) is 34.0 Å². The molecule has 1 saturated carbocycles. The van der Waals surface area contributed by atoms with Gasteiger partial charge >= 0.3 is 0 Å². The summed E-state index contributed by atoms with van der Waals surface area (Å²) in [5, 5.41) is 7.38. The molecule has 1 aromatic heterocycles. The first-order valence-electron chi connectivity index (χ1n) is 11.4. The fraction of sp³-hybridized carbons (Fsp3) is 0.542. The summed E-state index contributed by atoms with van der Waals surface area (Å²) in [5.41, 5.74) is 1.15. The monoisotopic (exact) mass is 425 g/mol. The molecule has 2 saturated heterocycles. The molecule has 164 valence electrons. The number of amides is 2. The lowest BCUT2D eigenvalue weighted by atomic mass is 9.76. The minimum Gasteiger partial charge on any atom is -0.351 e. The average molecular weight is 426 g/mol. The standard InChI is InChI=1S/C24H28FN3O3/c25-18-9-7-17(8-10-18)22-24(13-11-21(29)26-24)12-4-14-28(22)23(30)20-15-19(27-31-20)16-5-2-1-3-6-16/h7-10,15-16,22H,1-6,11-14H2,(H,26,29)/t22-,24+/m1/s1. The third-order valence-corrected chi connectivity index (χ3v) is 7.25. The van der Waals surface area contributed by atoms with E-state index >= 15 is 0 Å². The van der Waals surface area contributed by atoms with Gasteiger partial charge in [-0.1, -0.05) is 36.6 Å². The zero-order valence-corrected chi connectivity index (χ0v) is 17.6. The first kappa shape index (κ1) is 20.2. The molecule has 3 fully saturated rings. The van der Waals surface area contributed by atoms with Gasteiger partial charge in [-0.25, -0.2) is 4.39 Å². The van der Waals surface area contributed by atoms with Gasteiger partial charge in [0.1, 0.15) is 5.82 Å². The van der Waals surface area contributed by atoms with Crippen molar-refractivity contribution in [3.8, 4) is 0 Å². The lowest BCUT2D eigenvalue weighted by Gasteiger charge is -2.48. The van der Waals surface area contributed by atoms with Crippen molar-refractivity contribution in [2.45, 2.75) is 75.3 Å². The van der Waals surface area contributed by atoms with Gasteiger partial charge in [-0.3, -0.25) is 9.59 Å². The molecule has 1 spiro atoms. The van der Waals surface area contributed by atoms with E-state index in [9.17, 15) is 14.0 Å². The van der Waals surface area contributed by atoms with E-state index in [-0.39, 0.29) is 29.4 Å². The Hall–Kier alpha value is -2.70. The van der Waals surface area contributed by atoms with Crippen molar-refractivity contribution in [2.75, 3.05) is 6.54 Å². The van der Waals surface area contributed by atoms with Crippen molar-refractivity contribution in [1.82, 2.24) is 15.4 Å². The molecule has 1 aromatic carbocycles. The number of benzene rings is 1. The lowest BCUT2D eigenvalue weighted by Crippen LogP contribution is -2.58. The van der Waals surface area contributed by atoms with Crippen LogP contribution in [0.15, 0.2) is 34.9 Å². The molecule has 3 heterocycles. The van der Waals surface area contributed by atoms with Gasteiger partial charge in [-0.2, -0.15) is 0 Å². The topological polar surface area (TPSA) is 75.4 Å². The van der Waals surface area contributed by atoms with Gasteiger partial charge in [0, 0.05) is 24.9 Å². The summed E-state index contributed by atoms with van der Waals surface area (Å²) >= 11 is 0. The van der Waals surface area contributed by atoms with Crippen LogP contribution in [0.5, 0.6) is 0 Å². The Morgan fingerprint density at radius 2 is 1.90 bits per heavy atom. The van der Waals surface area contributed by atoms with Gasteiger partial charge in [0.15, 0.2) is 0 Å². The van der Waals surface area contributed by atoms with Gasteiger partial charge in [0.2, 0.25) is 11.7 Å². The van der Waals surface area contributed by atoms with E-state index < -0.39 is 5.54 Å². The number of likely N-dealkylation sites (tertiary alicyclic amines) is 1. The minimum absolute atomic E-state index is 0.000612. The SMILES string of the molecule is O=C1CC[C@]2(CCCN(C(=O)c3cc(C4CCCCC4)no3)[C@@H]2c2ccc(F)cc2)N1. The van der Waals surface area contributed by atoms with Crippen molar-refractivity contribution in [3.63, 3.8) is 0 Å². The van der Waals surface area contributed by atoms with Gasteiger partial charge in [-0.05, 0) is 49.8 Å². The van der Waals surface area contributed by atoms with Crippen molar-refractivity contribution in [2.24, 2.45) is 0 Å². The van der Waals surface area contributed by atoms with E-state index in [2.05, 4.69) is 10.5 Å². The summed E-state index contributed by atoms with van der Waals surface area (Å²) in [7, 11) is 0. The fourth-order valence-corrected chi connectivity index (χ4v) is 5.75. The Morgan fingerprint density at radius 3 is 2.61 bits per heavy atom. The molecule has 2 atom stereocenters. The number of carbonyl (C=O) groups is 2. The fourth-order valence-electron chi connectivity index (χ4n) is 5.75. The Labute approximate surface area is 181 Å². The predicted molar refractivity (Wildman–Crippen MR) is 112 cm³/mol. The molecule has 2 amide bonds. The number of nitrogens with one attached hydrogen (secondary N) is 1. The van der Waals surface area contributed by atoms with Crippen molar-refractivity contribution in [1.29, 1.82) is 0 Å². The summed E-state index contributed by atoms with van der Waals surface area (Å²) in [6.07, 6.45) is 8.44. The van der Waals surface area contributed by atoms with E-state index in [1.165, 1.54) is 31.4 Å². The third-order valence-electron chi connectivity index (χ3n) is 7.25. The second-order valence-electron chi connectivity index (χ2n) is 9.21. The molecule has 0 bridgehead atoms. The largest absolute Gasteiger partial charge is 0.351 e. The Balaban J connectivity index is 1.47. The molecule has 0 unspecified atom stereocenters. The molecular weight excluding hydrogens is 397 g/mol. The van der Waals surface area contributed by atoms with E-state index in [4.69, 9.17) is 4.52 Å². The zero-order chi connectivity index (χ0) is 21.4. The second-order valence-corrected chi connectivity index (χ2v) is 9.21. The number of nitrogens with zero attached hydrogens (tertiary/aromatic N) is 2. The Morgan fingerprint density at radius 1 is 1.13 bits per heavy atom. The molecule has 1 aliphatic carbocycles. The average Bonchev–Trinajstić information content (AvgIpc) is 3.42. The van der Waals surface area contributed by atoms with Crippen LogP contribution in [0.4, 0.5) is 4.39 Å². The maximum Gasteiger partial charge on any atom is 0.293 e. The van der Waals surface area contributed by atoms with Crippen LogP contribution < -0.4 is 5.32 Å². The minimum atomic E-state index is -0.533. The smallest absolute Gasteiger partial charge is 0.293 e. The maximum atomic E-state index is 13.6. The number of halogens is 1. The first-order chi connectivity index (χ1) is 15.1. The van der Waals surface area contributed by atoms with E-state index in [1.807, 2.05) is 0 Å². The van der Waals surface area contributed by atoms with Gasteiger partial charge in [0.05, 0.1) is 17.3 Å². The van der Waals surface area contributed by atoms with Crippen molar-refractivity contribution >= 4 is 11.8 Å². The van der Waals surface area contributed by atoms with Crippen molar-refractivity contribution < 1.29 is 18.5 Å². The van der Waals surface area contributed by atoms with Crippen LogP contribution in [0.3, 0.4) is 0 Å². The molecule has 31 heavy (non-hydrogen) atoms. The highest BCUT2D eigenvalue weighted by Gasteiger charge is 2.51. The van der Waals surface area contributed by atoms with Gasteiger partial charge in [0.25, 0.3) is 5.91 Å². The summed E-state index contributed by atoms with van der Waals surface area (Å²) < 4.78 is 19.1. The highest BCUT2D eigenvalue weighted by Crippen LogP contribution is 2.45. The molecule has 3 aliphatic rings. The van der Waals surface area contributed by atoms with E-state index in [1.54, 1.807) is 23.1 Å². The number of piperidine rings is 1. The van der Waals surface area contributed by atoms with E-state index in [0.29, 0.717) is 25.3 Å². The van der Waals surface area contributed by atoms with Crippen LogP contribution in [0.25, 0.3) is 0 Å². The molecule has 5 rings (SSSR count). The summed E-state index contributed by atoms with van der Waals surface area (Å²) in [5.74, 6) is 0.0573. The number of aromatic nitrogens is 1. The summed E-state index contributed by atoms with van der Waals surface area (Å²) in [6, 6.07) is 7.68. The lowest BCUT2D eigenvalue weighted by molar-refractivity contribution is -0.120. The summed E-state index contributed by atoms with van der Waals surface area (Å²) in [4.78, 5) is 27.5. The Kier molecular flexibility index (Phi) is 5.28. The maximum absolute atomic E-state index is 13.6. The van der Waals surface area contributed by atoms with Crippen LogP contribution in [0.1, 0.15) is 91.6 Å². The molecule has 6 nitrogen and oxygen atoms in total. The van der Waals surface area contributed by atoms with E-state index in [0.717, 1.165) is 36.9 Å². The van der Waals surface area contributed by atoms with Crippen LogP contribution in [-0.2, 0) is 4.79 Å². The summed E-state index contributed by atoms with van der Waals surface area (Å²) in [6.45, 7) is 0.554. The molecular formula is C24H28FN3O3. The highest BCUT2D eigenvalue weighted by molar-refractivity contribution is 5.92. The van der Waals surface area contributed by atoms with Gasteiger partial charge < -0.3 is 14.7 Å². The van der Waals surface area contributed by atoms with Gasteiger partial charge in [-0.15, -0.1) is 0 Å². The molecule has 7 heteroatoms. The number of hydrogen-bond donors (Lipinski definition) is 1. The van der Waals surface area contributed by atoms with Crippen LogP contribution >= 0.6 is 0 Å². The van der Waals surface area contributed by atoms with Crippen molar-refractivity contribution in [3.05, 3.63) is 53.2 Å². The number of hydrogen-bond acceptors (Lipinski definition) is 4. The normalized spacial score (nSPS) is 26.9. The quantitative estimate of drug-likeness (QED) is 0.786. The van der Waals surface area contributed by atoms with Crippen LogP contribution in [0.2, 0.25) is 0 Å². The molecule has 0 radical (unpaired) electrons. The Bertz CT molecular complexity index is 967. The molecule has 2 aromatic rings. The molecule has 2 aliphatic heterocycles. The number of rotatable bonds is 3. The predicted octanol–water partition coefficient (Wildman–Crippen LogP) is 4.49.